The molecule has 3 atom stereocenters. The summed E-state index contributed by atoms with van der Waals surface area (Å²) in [5.41, 5.74) is 0.276. The van der Waals surface area contributed by atoms with Gasteiger partial charge in [0, 0.05) is 18.7 Å². The number of fused-ring (bicyclic) bond motifs is 1. The summed E-state index contributed by atoms with van der Waals surface area (Å²) in [5.74, 6) is 0.0762. The Balaban J connectivity index is 1.50. The minimum atomic E-state index is -4.47. The molecule has 1 saturated carbocycles. The van der Waals surface area contributed by atoms with E-state index in [0.29, 0.717) is 11.5 Å². The first-order valence-corrected chi connectivity index (χ1v) is 7.85. The van der Waals surface area contributed by atoms with E-state index in [-0.39, 0.29) is 12.1 Å². The van der Waals surface area contributed by atoms with Crippen molar-refractivity contribution in [1.29, 1.82) is 0 Å². The molecule has 4 heterocycles. The first-order valence-electron chi connectivity index (χ1n) is 7.85. The molecule has 9 heteroatoms. The summed E-state index contributed by atoms with van der Waals surface area (Å²) in [6.07, 6.45) is -1.28. The molecule has 0 bridgehead atoms. The second-order valence-corrected chi connectivity index (χ2v) is 6.75. The smallest absolute Gasteiger partial charge is 0.346 e. The van der Waals surface area contributed by atoms with Gasteiger partial charge in [0.1, 0.15) is 30.4 Å². The average Bonchev–Trinajstić information content (AvgIpc) is 2.88. The molecule has 2 aliphatic heterocycles. The van der Waals surface area contributed by atoms with E-state index >= 15 is 0 Å². The third-order valence-corrected chi connectivity index (χ3v) is 5.61. The number of hydrogen-bond donors (Lipinski definition) is 1. The topological polar surface area (TPSA) is 64.9 Å². The number of hydrogen-bond acceptors (Lipinski definition) is 4. The van der Waals surface area contributed by atoms with Crippen molar-refractivity contribution in [2.75, 3.05) is 11.4 Å². The average molecular weight is 337 g/mol. The Kier molecular flexibility index (Phi) is 2.46. The molecule has 126 valence electrons. The molecule has 5 rings (SSSR count). The maximum absolute atomic E-state index is 12.6. The molecule has 0 aromatic carbocycles. The molecule has 2 aromatic rings. The largest absolute Gasteiger partial charge is 0.397 e. The SMILES string of the molecule is O=C(CC(F)(F)F)N1C2N(c3ncnc4[nH]ccc34)CC3CCC321. The van der Waals surface area contributed by atoms with Crippen molar-refractivity contribution in [3.8, 4) is 0 Å². The van der Waals surface area contributed by atoms with Crippen LogP contribution >= 0.6 is 0 Å². The van der Waals surface area contributed by atoms with E-state index in [1.54, 1.807) is 6.20 Å². The van der Waals surface area contributed by atoms with Gasteiger partial charge in [-0.3, -0.25) is 4.79 Å². The number of H-pyrrole nitrogens is 1. The number of alkyl halides is 3. The van der Waals surface area contributed by atoms with Crippen molar-refractivity contribution in [2.24, 2.45) is 5.92 Å². The van der Waals surface area contributed by atoms with Gasteiger partial charge in [-0.25, -0.2) is 9.97 Å². The van der Waals surface area contributed by atoms with Crippen LogP contribution in [0, 0.1) is 5.92 Å². The molecule has 1 N–H and O–H groups in total. The van der Waals surface area contributed by atoms with Gasteiger partial charge >= 0.3 is 6.18 Å². The molecule has 6 nitrogen and oxygen atoms in total. The third kappa shape index (κ3) is 1.64. The van der Waals surface area contributed by atoms with Gasteiger partial charge < -0.3 is 14.8 Å². The van der Waals surface area contributed by atoms with Crippen LogP contribution in [0.15, 0.2) is 18.6 Å². The molecule has 1 spiro atoms. The summed E-state index contributed by atoms with van der Waals surface area (Å²) in [5, 5.41) is 0.823. The van der Waals surface area contributed by atoms with Crippen LogP contribution in [0.2, 0.25) is 0 Å². The number of aromatic nitrogens is 3. The minimum absolute atomic E-state index is 0.226. The second-order valence-electron chi connectivity index (χ2n) is 6.75. The van der Waals surface area contributed by atoms with Gasteiger partial charge in [0.2, 0.25) is 5.91 Å². The number of nitrogens with one attached hydrogen (secondary N) is 1. The fourth-order valence-corrected chi connectivity index (χ4v) is 4.54. The van der Waals surface area contributed by atoms with Crippen LogP contribution in [-0.2, 0) is 4.79 Å². The van der Waals surface area contributed by atoms with Crippen LogP contribution in [-0.4, -0.2) is 50.2 Å². The summed E-state index contributed by atoms with van der Waals surface area (Å²) >= 11 is 0. The Hall–Kier alpha value is -2.32. The van der Waals surface area contributed by atoms with Crippen molar-refractivity contribution < 1.29 is 18.0 Å². The fraction of sp³-hybridized carbons (Fsp3) is 0.533. The zero-order chi connectivity index (χ0) is 16.7. The number of carbonyl (C=O) groups excluding carboxylic acids is 1. The monoisotopic (exact) mass is 337 g/mol. The predicted molar refractivity (Wildman–Crippen MR) is 78.0 cm³/mol. The molecule has 24 heavy (non-hydrogen) atoms. The van der Waals surface area contributed by atoms with E-state index in [1.807, 2.05) is 11.0 Å². The highest BCUT2D eigenvalue weighted by atomic mass is 19.4. The number of anilines is 1. The van der Waals surface area contributed by atoms with E-state index in [0.717, 1.165) is 24.8 Å². The van der Waals surface area contributed by atoms with E-state index in [2.05, 4.69) is 15.0 Å². The number of nitrogens with zero attached hydrogens (tertiary/aromatic N) is 4. The van der Waals surface area contributed by atoms with E-state index in [9.17, 15) is 18.0 Å². The quantitative estimate of drug-likeness (QED) is 0.852. The van der Waals surface area contributed by atoms with Crippen molar-refractivity contribution >= 4 is 22.8 Å². The Morgan fingerprint density at radius 1 is 1.42 bits per heavy atom. The zero-order valence-electron chi connectivity index (χ0n) is 12.5. The maximum atomic E-state index is 12.6. The number of halogens is 3. The molecular formula is C15H14F3N5O. The highest BCUT2D eigenvalue weighted by Gasteiger charge is 2.79. The van der Waals surface area contributed by atoms with Crippen LogP contribution < -0.4 is 4.90 Å². The van der Waals surface area contributed by atoms with E-state index in [4.69, 9.17) is 0 Å². The Morgan fingerprint density at radius 3 is 2.96 bits per heavy atom. The van der Waals surface area contributed by atoms with Crippen molar-refractivity contribution in [3.05, 3.63) is 18.6 Å². The Morgan fingerprint density at radius 2 is 2.25 bits per heavy atom. The first-order chi connectivity index (χ1) is 11.4. The lowest BCUT2D eigenvalue weighted by atomic mass is 9.74. The summed E-state index contributed by atoms with van der Waals surface area (Å²) in [4.78, 5) is 27.0. The van der Waals surface area contributed by atoms with E-state index < -0.39 is 24.0 Å². The van der Waals surface area contributed by atoms with Crippen LogP contribution in [0.4, 0.5) is 19.0 Å². The number of aromatic amines is 1. The molecule has 0 radical (unpaired) electrons. The molecule has 1 aliphatic carbocycles. The lowest BCUT2D eigenvalue weighted by Gasteiger charge is -2.35. The van der Waals surface area contributed by atoms with Crippen LogP contribution in [0.1, 0.15) is 19.3 Å². The molecule has 1 amide bonds. The minimum Gasteiger partial charge on any atom is -0.346 e. The molecule has 3 fully saturated rings. The lowest BCUT2D eigenvalue weighted by Crippen LogP contribution is -2.43. The highest BCUT2D eigenvalue weighted by Crippen LogP contribution is 2.65. The summed E-state index contributed by atoms with van der Waals surface area (Å²) in [7, 11) is 0. The summed E-state index contributed by atoms with van der Waals surface area (Å²) < 4.78 is 37.8. The fourth-order valence-electron chi connectivity index (χ4n) is 4.54. The standard InChI is InChI=1S/C15H14F3N5O/c16-15(17,18)5-10(24)23-13-14(23)3-1-8(14)6-22(13)12-9-2-4-19-11(9)20-7-21-12/h2,4,7-8,13H,1,3,5-6H2,(H,19,20,21). The third-order valence-electron chi connectivity index (χ3n) is 5.61. The second kappa shape index (κ2) is 4.20. The van der Waals surface area contributed by atoms with Crippen molar-refractivity contribution in [2.45, 2.75) is 37.1 Å². The molecular weight excluding hydrogens is 323 g/mol. The molecule has 3 unspecified atom stereocenters. The van der Waals surface area contributed by atoms with Gasteiger partial charge in [-0.15, -0.1) is 0 Å². The first kappa shape index (κ1) is 14.1. The van der Waals surface area contributed by atoms with Crippen molar-refractivity contribution in [3.63, 3.8) is 0 Å². The Bertz CT molecular complexity index is 849. The van der Waals surface area contributed by atoms with Gasteiger partial charge in [-0.1, -0.05) is 0 Å². The lowest BCUT2D eigenvalue weighted by molar-refractivity contribution is -0.159. The number of amides is 1. The van der Waals surface area contributed by atoms with Crippen LogP contribution in [0.3, 0.4) is 0 Å². The van der Waals surface area contributed by atoms with Gasteiger partial charge in [-0.2, -0.15) is 13.2 Å². The maximum Gasteiger partial charge on any atom is 0.397 e. The summed E-state index contributed by atoms with van der Waals surface area (Å²) in [6, 6.07) is 1.85. The number of carbonyl (C=O) groups is 1. The van der Waals surface area contributed by atoms with Gasteiger partial charge in [0.05, 0.1) is 10.9 Å². The van der Waals surface area contributed by atoms with Crippen LogP contribution in [0.25, 0.3) is 11.0 Å². The van der Waals surface area contributed by atoms with E-state index in [1.165, 1.54) is 11.2 Å². The Labute approximate surface area is 134 Å². The summed E-state index contributed by atoms with van der Waals surface area (Å²) in [6.45, 7) is 0.720. The van der Waals surface area contributed by atoms with Gasteiger partial charge in [-0.05, 0) is 18.9 Å². The van der Waals surface area contributed by atoms with Gasteiger partial charge in [0.25, 0.3) is 0 Å². The van der Waals surface area contributed by atoms with Crippen molar-refractivity contribution in [1.82, 2.24) is 19.9 Å². The molecule has 2 saturated heterocycles. The zero-order valence-corrected chi connectivity index (χ0v) is 12.5. The molecule has 3 aliphatic rings. The van der Waals surface area contributed by atoms with Gasteiger partial charge in [0.15, 0.2) is 0 Å². The molecule has 2 aromatic heterocycles. The normalized spacial score (nSPS) is 31.0. The highest BCUT2D eigenvalue weighted by molar-refractivity contribution is 5.90. The van der Waals surface area contributed by atoms with Crippen LogP contribution in [0.5, 0.6) is 0 Å². The predicted octanol–water partition coefficient (Wildman–Crippen LogP) is 2.05. The number of rotatable bonds is 2.